The topological polar surface area (TPSA) is 0 Å². The molecular weight excluding hydrogens is 132 g/mol. The number of hydrogen-bond donors (Lipinski definition) is 0. The van der Waals surface area contributed by atoms with Crippen molar-refractivity contribution in [2.75, 3.05) is 0 Å². The molecule has 0 aliphatic heterocycles. The van der Waals surface area contributed by atoms with Gasteiger partial charge in [-0.15, -0.1) is 6.58 Å². The molecule has 0 amide bonds. The van der Waals surface area contributed by atoms with Crippen molar-refractivity contribution in [3.8, 4) is 0 Å². The Kier molecular flexibility index (Phi) is 2.53. The number of allylic oxidation sites excluding steroid dienone is 3. The fourth-order valence-corrected chi connectivity index (χ4v) is 1.66. The minimum atomic E-state index is 0.515. The highest BCUT2D eigenvalue weighted by Crippen LogP contribution is 2.37. The van der Waals surface area contributed by atoms with Crippen LogP contribution in [0.4, 0.5) is 0 Å². The molecule has 0 saturated heterocycles. The quantitative estimate of drug-likeness (QED) is 0.526. The molecule has 1 rings (SSSR count). The van der Waals surface area contributed by atoms with E-state index in [1.807, 2.05) is 0 Å². The third kappa shape index (κ3) is 2.21. The van der Waals surface area contributed by atoms with E-state index in [1.165, 1.54) is 19.3 Å². The van der Waals surface area contributed by atoms with Gasteiger partial charge in [-0.3, -0.25) is 0 Å². The van der Waals surface area contributed by atoms with Gasteiger partial charge in [0.2, 0.25) is 0 Å². The highest BCUT2D eigenvalue weighted by Gasteiger charge is 2.23. The van der Waals surface area contributed by atoms with E-state index in [0.717, 1.165) is 6.42 Å². The van der Waals surface area contributed by atoms with E-state index < -0.39 is 0 Å². The Morgan fingerprint density at radius 2 is 2.45 bits per heavy atom. The van der Waals surface area contributed by atoms with Crippen LogP contribution in [0.3, 0.4) is 0 Å². The molecule has 11 heavy (non-hydrogen) atoms. The van der Waals surface area contributed by atoms with Crippen molar-refractivity contribution in [1.29, 1.82) is 0 Å². The van der Waals surface area contributed by atoms with Crippen LogP contribution in [-0.2, 0) is 0 Å². The van der Waals surface area contributed by atoms with Crippen molar-refractivity contribution in [1.82, 2.24) is 0 Å². The first-order valence-corrected chi connectivity index (χ1v) is 4.43. The Labute approximate surface area is 70.0 Å². The molecule has 0 N–H and O–H groups in total. The lowest BCUT2D eigenvalue weighted by Gasteiger charge is -2.31. The van der Waals surface area contributed by atoms with Crippen LogP contribution >= 0.6 is 0 Å². The van der Waals surface area contributed by atoms with E-state index in [-0.39, 0.29) is 0 Å². The van der Waals surface area contributed by atoms with Gasteiger partial charge in [-0.1, -0.05) is 24.6 Å². The first-order valence-electron chi connectivity index (χ1n) is 4.43. The molecule has 0 aromatic carbocycles. The maximum absolute atomic E-state index is 3.80. The van der Waals surface area contributed by atoms with Crippen molar-refractivity contribution in [2.24, 2.45) is 5.41 Å². The lowest BCUT2D eigenvalue weighted by atomic mass is 9.74. The van der Waals surface area contributed by atoms with Gasteiger partial charge in [-0.05, 0) is 38.0 Å². The second-order valence-corrected chi connectivity index (χ2v) is 4.06. The summed E-state index contributed by atoms with van der Waals surface area (Å²) in [7, 11) is 0. The maximum Gasteiger partial charge on any atom is -0.0254 e. The monoisotopic (exact) mass is 150 g/mol. The van der Waals surface area contributed by atoms with Crippen molar-refractivity contribution >= 4 is 0 Å². The zero-order valence-electron chi connectivity index (χ0n) is 7.69. The summed E-state index contributed by atoms with van der Waals surface area (Å²) >= 11 is 0. The molecule has 0 bridgehead atoms. The maximum atomic E-state index is 3.80. The van der Waals surface area contributed by atoms with Gasteiger partial charge in [0, 0.05) is 0 Å². The van der Waals surface area contributed by atoms with Crippen LogP contribution in [0.2, 0.25) is 0 Å². The molecule has 0 aromatic heterocycles. The largest absolute Gasteiger partial charge is 0.103 e. The van der Waals surface area contributed by atoms with Crippen molar-refractivity contribution in [3.63, 3.8) is 0 Å². The van der Waals surface area contributed by atoms with Gasteiger partial charge in [0.25, 0.3) is 0 Å². The molecule has 0 fully saturated rings. The lowest BCUT2D eigenvalue weighted by molar-refractivity contribution is 0.291. The number of hydrogen-bond acceptors (Lipinski definition) is 0. The average molecular weight is 150 g/mol. The lowest BCUT2D eigenvalue weighted by Crippen LogP contribution is -2.17. The van der Waals surface area contributed by atoms with E-state index in [9.17, 15) is 0 Å². The Morgan fingerprint density at radius 1 is 1.73 bits per heavy atom. The summed E-state index contributed by atoms with van der Waals surface area (Å²) < 4.78 is 0. The second-order valence-electron chi connectivity index (χ2n) is 4.06. The van der Waals surface area contributed by atoms with Crippen LogP contribution in [0, 0.1) is 5.41 Å². The zero-order valence-corrected chi connectivity index (χ0v) is 7.69. The van der Waals surface area contributed by atoms with Crippen LogP contribution in [0.1, 0.15) is 39.5 Å². The van der Waals surface area contributed by atoms with Gasteiger partial charge >= 0.3 is 0 Å². The predicted molar refractivity (Wildman–Crippen MR) is 50.5 cm³/mol. The van der Waals surface area contributed by atoms with Gasteiger partial charge in [-0.2, -0.15) is 0 Å². The summed E-state index contributed by atoms with van der Waals surface area (Å²) in [6, 6.07) is 0. The van der Waals surface area contributed by atoms with Crippen LogP contribution in [-0.4, -0.2) is 0 Å². The van der Waals surface area contributed by atoms with Crippen LogP contribution in [0.25, 0.3) is 0 Å². The molecule has 1 aliphatic rings. The molecule has 1 atom stereocenters. The summed E-state index contributed by atoms with van der Waals surface area (Å²) in [4.78, 5) is 0. The molecule has 1 unspecified atom stereocenters. The van der Waals surface area contributed by atoms with Gasteiger partial charge in [0.05, 0.1) is 0 Å². The molecule has 62 valence electrons. The minimum absolute atomic E-state index is 0.515. The van der Waals surface area contributed by atoms with Gasteiger partial charge in [0.1, 0.15) is 0 Å². The number of rotatable bonds is 2. The van der Waals surface area contributed by atoms with Crippen LogP contribution < -0.4 is 0 Å². The first kappa shape index (κ1) is 8.58. The van der Waals surface area contributed by atoms with Crippen molar-refractivity contribution < 1.29 is 0 Å². The third-order valence-corrected chi connectivity index (χ3v) is 2.70. The van der Waals surface area contributed by atoms with E-state index in [4.69, 9.17) is 0 Å². The van der Waals surface area contributed by atoms with E-state index >= 15 is 0 Å². The van der Waals surface area contributed by atoms with Gasteiger partial charge in [0.15, 0.2) is 0 Å². The highest BCUT2D eigenvalue weighted by molar-refractivity contribution is 5.07. The Bertz CT molecular complexity index is 176. The van der Waals surface area contributed by atoms with E-state index in [1.54, 1.807) is 5.57 Å². The van der Waals surface area contributed by atoms with Crippen LogP contribution in [0.15, 0.2) is 24.3 Å². The van der Waals surface area contributed by atoms with Crippen molar-refractivity contribution in [3.05, 3.63) is 24.3 Å². The minimum Gasteiger partial charge on any atom is -0.103 e. The molecule has 0 saturated carbocycles. The fourth-order valence-electron chi connectivity index (χ4n) is 1.66. The second kappa shape index (κ2) is 3.25. The molecule has 0 aromatic rings. The molecule has 0 nitrogen and oxygen atoms in total. The highest BCUT2D eigenvalue weighted by atomic mass is 14.3. The Hall–Kier alpha value is -0.520. The van der Waals surface area contributed by atoms with Crippen molar-refractivity contribution in [2.45, 2.75) is 39.5 Å². The first-order chi connectivity index (χ1) is 5.16. The Morgan fingerprint density at radius 3 is 2.91 bits per heavy atom. The summed E-state index contributed by atoms with van der Waals surface area (Å²) in [5.74, 6) is 0. The van der Waals surface area contributed by atoms with Crippen LogP contribution in [0.5, 0.6) is 0 Å². The molecule has 0 spiro atoms. The third-order valence-electron chi connectivity index (χ3n) is 2.70. The average Bonchev–Trinajstić information content (AvgIpc) is 1.97. The standard InChI is InChI=1S/C11H18/c1-4-7-11(3)8-5-10(2)6-9-11/h4-5H,1,6-9H2,2-3H3. The fraction of sp³-hybridized carbons (Fsp3) is 0.636. The predicted octanol–water partition coefficient (Wildman–Crippen LogP) is 3.70. The normalized spacial score (nSPS) is 31.3. The molecular formula is C11H18. The summed E-state index contributed by atoms with van der Waals surface area (Å²) in [6.45, 7) is 8.39. The SMILES string of the molecule is C=CCC1(C)CC=C(C)CC1. The van der Waals surface area contributed by atoms with Gasteiger partial charge in [-0.25, -0.2) is 0 Å². The Balaban J connectivity index is 2.56. The summed E-state index contributed by atoms with van der Waals surface area (Å²) in [5.41, 5.74) is 2.08. The smallest absolute Gasteiger partial charge is 0.0254 e. The molecule has 0 heteroatoms. The summed E-state index contributed by atoms with van der Waals surface area (Å²) in [6.07, 6.45) is 9.45. The van der Waals surface area contributed by atoms with E-state index in [0.29, 0.717) is 5.41 Å². The zero-order chi connectivity index (χ0) is 8.32. The summed E-state index contributed by atoms with van der Waals surface area (Å²) in [5, 5.41) is 0. The molecule has 0 heterocycles. The molecule has 1 aliphatic carbocycles. The van der Waals surface area contributed by atoms with Gasteiger partial charge < -0.3 is 0 Å². The van der Waals surface area contributed by atoms with E-state index in [2.05, 4.69) is 32.6 Å². The molecule has 0 radical (unpaired) electrons.